The summed E-state index contributed by atoms with van der Waals surface area (Å²) in [6.07, 6.45) is -1.64. The van der Waals surface area contributed by atoms with Crippen LogP contribution in [0.25, 0.3) is 6.08 Å². The Hall–Kier alpha value is -5.56. The molecule has 1 aliphatic rings. The molecule has 1 aliphatic heterocycles. The monoisotopic (exact) mass is 789 g/mol. The number of aryl methyl sites for hydroxylation is 1. The lowest BCUT2D eigenvalue weighted by Gasteiger charge is -2.36. The van der Waals surface area contributed by atoms with Crippen molar-refractivity contribution in [1.82, 2.24) is 19.6 Å². The molecule has 4 aromatic carbocycles. The van der Waals surface area contributed by atoms with Gasteiger partial charge in [-0.1, -0.05) is 66.7 Å². The highest BCUT2D eigenvalue weighted by molar-refractivity contribution is 5.95. The van der Waals surface area contributed by atoms with E-state index in [4.69, 9.17) is 0 Å². The highest BCUT2D eigenvalue weighted by Gasteiger charge is 2.32. The third kappa shape index (κ3) is 11.5. The molecule has 0 saturated carbocycles. The highest BCUT2D eigenvalue weighted by Crippen LogP contribution is 2.29. The van der Waals surface area contributed by atoms with Crippen LogP contribution >= 0.6 is 0 Å². The first-order chi connectivity index (χ1) is 27.1. The summed E-state index contributed by atoms with van der Waals surface area (Å²) in [5.74, 6) is -2.63. The van der Waals surface area contributed by atoms with E-state index in [0.29, 0.717) is 38.3 Å². The van der Waals surface area contributed by atoms with E-state index in [0.717, 1.165) is 28.9 Å². The number of anilines is 1. The summed E-state index contributed by atoms with van der Waals surface area (Å²) in [5, 5.41) is 0. The van der Waals surface area contributed by atoms with Gasteiger partial charge in [0.1, 0.15) is 6.04 Å². The number of hydrogen-bond acceptors (Lipinski definition) is 5. The molecule has 1 fully saturated rings. The molecule has 0 unspecified atom stereocenters. The molecule has 0 radical (unpaired) electrons. The highest BCUT2D eigenvalue weighted by atomic mass is 19.4. The summed E-state index contributed by atoms with van der Waals surface area (Å²) in [6, 6.07) is 23.4. The molecular formula is C44H48F5N5O3. The van der Waals surface area contributed by atoms with Crippen molar-refractivity contribution < 1.29 is 36.3 Å². The zero-order chi connectivity index (χ0) is 41.3. The van der Waals surface area contributed by atoms with Crippen LogP contribution in [0.1, 0.15) is 40.3 Å². The Bertz CT molecular complexity index is 2020. The van der Waals surface area contributed by atoms with Gasteiger partial charge in [0.2, 0.25) is 17.7 Å². The number of carbonyl (C=O) groups excluding carboxylic acids is 3. The normalized spacial score (nSPS) is 13.9. The molecule has 1 heterocycles. The topological polar surface area (TPSA) is 67.4 Å². The molecule has 0 bridgehead atoms. The summed E-state index contributed by atoms with van der Waals surface area (Å²) >= 11 is 0. The van der Waals surface area contributed by atoms with Crippen LogP contribution in [0.15, 0.2) is 97.1 Å². The molecule has 1 atom stereocenters. The van der Waals surface area contributed by atoms with Gasteiger partial charge < -0.3 is 24.5 Å². The van der Waals surface area contributed by atoms with Gasteiger partial charge in [-0.05, 0) is 66.6 Å². The van der Waals surface area contributed by atoms with E-state index < -0.39 is 35.3 Å². The van der Waals surface area contributed by atoms with Crippen LogP contribution in [0, 0.1) is 18.6 Å². The molecule has 0 spiro atoms. The number of halogens is 5. The molecule has 8 nitrogen and oxygen atoms in total. The second kappa shape index (κ2) is 19.1. The number of rotatable bonds is 14. The van der Waals surface area contributed by atoms with Crippen LogP contribution in [0.5, 0.6) is 0 Å². The summed E-state index contributed by atoms with van der Waals surface area (Å²) in [7, 11) is 3.37. The van der Waals surface area contributed by atoms with Crippen LogP contribution in [-0.4, -0.2) is 96.7 Å². The van der Waals surface area contributed by atoms with Gasteiger partial charge in [-0.25, -0.2) is 8.78 Å². The average molecular weight is 790 g/mol. The maximum absolute atomic E-state index is 14.6. The molecule has 302 valence electrons. The van der Waals surface area contributed by atoms with Crippen molar-refractivity contribution in [3.8, 4) is 0 Å². The van der Waals surface area contributed by atoms with E-state index >= 15 is 0 Å². The van der Waals surface area contributed by atoms with E-state index in [1.165, 1.54) is 53.1 Å². The van der Waals surface area contributed by atoms with Crippen LogP contribution in [0.3, 0.4) is 0 Å². The first-order valence-electron chi connectivity index (χ1n) is 18.8. The largest absolute Gasteiger partial charge is 0.416 e. The summed E-state index contributed by atoms with van der Waals surface area (Å²) in [4.78, 5) is 49.3. The SMILES string of the molecule is CC(=O)N1CCN(c2ccc(CN(C(=O)C=Cc3ccc(C(F)(F)F)cc3)[C@@H](Cc3ccccc3)C(=O)N(C)CCN(C)Cc3ccc(C)c(F)c3F)cc2)CC1. The zero-order valence-electron chi connectivity index (χ0n) is 32.6. The minimum Gasteiger partial charge on any atom is -0.368 e. The molecule has 5 rings (SSSR count). The fraction of sp³-hybridized carbons (Fsp3) is 0.341. The van der Waals surface area contributed by atoms with Gasteiger partial charge in [0, 0.05) is 90.1 Å². The van der Waals surface area contributed by atoms with Crippen LogP contribution in [-0.2, 0) is 40.1 Å². The first-order valence-corrected chi connectivity index (χ1v) is 18.8. The van der Waals surface area contributed by atoms with E-state index in [1.807, 2.05) is 54.6 Å². The van der Waals surface area contributed by atoms with Gasteiger partial charge in [0.25, 0.3) is 0 Å². The fourth-order valence-electron chi connectivity index (χ4n) is 6.71. The molecule has 0 aliphatic carbocycles. The fourth-order valence-corrected chi connectivity index (χ4v) is 6.71. The number of piperazine rings is 1. The van der Waals surface area contributed by atoms with Gasteiger partial charge in [-0.3, -0.25) is 14.4 Å². The van der Waals surface area contributed by atoms with E-state index in [2.05, 4.69) is 4.90 Å². The molecular weight excluding hydrogens is 742 g/mol. The second-order valence-electron chi connectivity index (χ2n) is 14.5. The number of carbonyl (C=O) groups is 3. The zero-order valence-corrected chi connectivity index (χ0v) is 32.6. The third-order valence-electron chi connectivity index (χ3n) is 10.2. The average Bonchev–Trinajstić information content (AvgIpc) is 3.20. The smallest absolute Gasteiger partial charge is 0.368 e. The Balaban J connectivity index is 1.40. The lowest BCUT2D eigenvalue weighted by atomic mass is 10.0. The Labute approximate surface area is 330 Å². The molecule has 0 aromatic heterocycles. The number of hydrogen-bond donors (Lipinski definition) is 0. The maximum atomic E-state index is 14.6. The quantitative estimate of drug-likeness (QED) is 0.1000. The number of benzene rings is 4. The Kier molecular flexibility index (Phi) is 14.2. The minimum atomic E-state index is -4.51. The van der Waals surface area contributed by atoms with Crippen molar-refractivity contribution in [3.05, 3.63) is 142 Å². The van der Waals surface area contributed by atoms with Crippen molar-refractivity contribution >= 4 is 29.5 Å². The lowest BCUT2D eigenvalue weighted by molar-refractivity contribution is -0.143. The maximum Gasteiger partial charge on any atom is 0.416 e. The number of alkyl halides is 3. The summed E-state index contributed by atoms with van der Waals surface area (Å²) in [6.45, 7) is 6.30. The third-order valence-corrected chi connectivity index (χ3v) is 10.2. The first kappa shape index (κ1) is 42.6. The molecule has 3 amide bonds. The van der Waals surface area contributed by atoms with Crippen LogP contribution in [0.2, 0.25) is 0 Å². The second-order valence-corrected chi connectivity index (χ2v) is 14.5. The summed E-state index contributed by atoms with van der Waals surface area (Å²) in [5.41, 5.74) is 2.48. The molecule has 0 N–H and O–H groups in total. The van der Waals surface area contributed by atoms with Gasteiger partial charge in [0.15, 0.2) is 11.6 Å². The van der Waals surface area contributed by atoms with Crippen LogP contribution < -0.4 is 4.90 Å². The van der Waals surface area contributed by atoms with Crippen molar-refractivity contribution in [2.45, 2.75) is 45.6 Å². The van der Waals surface area contributed by atoms with Crippen LogP contribution in [0.4, 0.5) is 27.6 Å². The van der Waals surface area contributed by atoms with Gasteiger partial charge in [-0.2, -0.15) is 13.2 Å². The number of amides is 3. The van der Waals surface area contributed by atoms with Crippen molar-refractivity contribution in [2.75, 3.05) is 58.3 Å². The van der Waals surface area contributed by atoms with Crippen molar-refractivity contribution in [3.63, 3.8) is 0 Å². The van der Waals surface area contributed by atoms with Crippen molar-refractivity contribution in [2.24, 2.45) is 0 Å². The number of likely N-dealkylation sites (N-methyl/N-ethyl adjacent to an activating group) is 2. The van der Waals surface area contributed by atoms with E-state index in [1.54, 1.807) is 30.8 Å². The standard InChI is InChI=1S/C44H48F5N5O3/c1-31-10-16-36(42(46)41(31)45)30-50(3)22-23-51(4)43(57)39(28-34-8-6-5-7-9-34)54(40(56)21-15-33-11-17-37(18-12-33)44(47,48)49)29-35-13-19-38(20-14-35)53-26-24-52(25-27-53)32(2)55/h5-21,39H,22-30H2,1-4H3/t39-/m0/s1. The predicted octanol–water partition coefficient (Wildman–Crippen LogP) is 7.20. The molecule has 4 aromatic rings. The minimum absolute atomic E-state index is 0.0359. The Morgan fingerprint density at radius 2 is 1.42 bits per heavy atom. The van der Waals surface area contributed by atoms with Gasteiger partial charge >= 0.3 is 6.18 Å². The molecule has 57 heavy (non-hydrogen) atoms. The Morgan fingerprint density at radius 3 is 2.04 bits per heavy atom. The molecule has 13 heteroatoms. The molecule has 1 saturated heterocycles. The van der Waals surface area contributed by atoms with Crippen molar-refractivity contribution in [1.29, 1.82) is 0 Å². The van der Waals surface area contributed by atoms with E-state index in [9.17, 15) is 36.3 Å². The van der Waals surface area contributed by atoms with Gasteiger partial charge in [0.05, 0.1) is 5.56 Å². The number of nitrogens with zero attached hydrogens (tertiary/aromatic N) is 5. The summed E-state index contributed by atoms with van der Waals surface area (Å²) < 4.78 is 68.5. The van der Waals surface area contributed by atoms with E-state index in [-0.39, 0.29) is 49.0 Å². The predicted molar refractivity (Wildman–Crippen MR) is 211 cm³/mol. The Morgan fingerprint density at radius 1 is 0.772 bits per heavy atom. The van der Waals surface area contributed by atoms with Gasteiger partial charge in [-0.15, -0.1) is 0 Å². The lowest BCUT2D eigenvalue weighted by Crippen LogP contribution is -2.51.